The van der Waals surface area contributed by atoms with Gasteiger partial charge in [-0.3, -0.25) is 0 Å². The zero-order chi connectivity index (χ0) is 6.15. The summed E-state index contributed by atoms with van der Waals surface area (Å²) in [5.74, 6) is 1.02. The van der Waals surface area contributed by atoms with Gasteiger partial charge in [-0.25, -0.2) is 0 Å². The van der Waals surface area contributed by atoms with E-state index in [2.05, 4.69) is 11.2 Å². The van der Waals surface area contributed by atoms with Crippen molar-refractivity contribution in [3.8, 4) is 0 Å². The Hall–Kier alpha value is -0.102. The molecule has 0 aliphatic rings. The third-order valence-corrected chi connectivity index (χ3v) is 1.14. The standard InChI is InChI=1S/C6H9N2.W/c1-5-4-8(3)6(2)7-5;/h1-3H3;/q-1;. The van der Waals surface area contributed by atoms with Gasteiger partial charge in [0.2, 0.25) is 0 Å². The number of imidazole rings is 1. The molecular formula is C6H9N2W-. The van der Waals surface area contributed by atoms with E-state index in [4.69, 9.17) is 0 Å². The molecule has 0 atom stereocenters. The Morgan fingerprint density at radius 1 is 1.44 bits per heavy atom. The first-order valence-corrected chi connectivity index (χ1v) is 2.59. The summed E-state index contributed by atoms with van der Waals surface area (Å²) in [6.45, 7) is 3.90. The maximum Gasteiger partial charge on any atom is 0 e. The molecule has 0 saturated heterocycles. The maximum absolute atomic E-state index is 4.12. The Morgan fingerprint density at radius 3 is 2.11 bits per heavy atom. The summed E-state index contributed by atoms with van der Waals surface area (Å²) >= 11 is 0. The van der Waals surface area contributed by atoms with Gasteiger partial charge in [-0.05, 0) is 19.8 Å². The zero-order valence-electron chi connectivity index (χ0n) is 5.80. The van der Waals surface area contributed by atoms with Crippen LogP contribution in [0, 0.1) is 20.0 Å². The smallest absolute Gasteiger partial charge is 0 e. The van der Waals surface area contributed by atoms with Gasteiger partial charge in [0.05, 0.1) is 0 Å². The van der Waals surface area contributed by atoms with Crippen molar-refractivity contribution in [3.05, 3.63) is 17.7 Å². The van der Waals surface area contributed by atoms with Crippen LogP contribution in [0.25, 0.3) is 0 Å². The molecule has 1 rings (SSSR count). The van der Waals surface area contributed by atoms with Crippen LogP contribution in [0.3, 0.4) is 0 Å². The van der Waals surface area contributed by atoms with Crippen molar-refractivity contribution in [2.75, 3.05) is 0 Å². The molecule has 0 radical (unpaired) electrons. The molecule has 0 N–H and O–H groups in total. The molecule has 2 nitrogen and oxygen atoms in total. The molecule has 0 fully saturated rings. The van der Waals surface area contributed by atoms with Gasteiger partial charge in [0, 0.05) is 21.1 Å². The molecule has 9 heavy (non-hydrogen) atoms. The number of hydrogen-bond acceptors (Lipinski definition) is 1. The Balaban J connectivity index is 0.000000640. The number of aromatic nitrogens is 2. The van der Waals surface area contributed by atoms with E-state index in [1.165, 1.54) is 0 Å². The van der Waals surface area contributed by atoms with Crippen molar-refractivity contribution in [1.82, 2.24) is 9.55 Å². The Kier molecular flexibility index (Phi) is 3.13. The van der Waals surface area contributed by atoms with E-state index in [-0.39, 0.29) is 21.1 Å². The molecule has 0 aliphatic heterocycles. The SMILES string of the molecule is Cc1[c-]n(C)c(C)n1.[W]. The molecule has 0 aromatic carbocycles. The first-order valence-electron chi connectivity index (χ1n) is 2.59. The van der Waals surface area contributed by atoms with E-state index < -0.39 is 0 Å². The normalized spacial score (nSPS) is 8.78. The van der Waals surface area contributed by atoms with Crippen LogP contribution in [0.2, 0.25) is 0 Å². The molecule has 0 aliphatic carbocycles. The number of hydrogen-bond donors (Lipinski definition) is 0. The topological polar surface area (TPSA) is 17.8 Å². The molecule has 0 spiro atoms. The summed E-state index contributed by atoms with van der Waals surface area (Å²) in [6.07, 6.45) is 3.01. The minimum Gasteiger partial charge on any atom is -0.501 e. The molecular weight excluding hydrogens is 284 g/mol. The Labute approximate surface area is 69.6 Å². The van der Waals surface area contributed by atoms with Crippen LogP contribution in [-0.2, 0) is 28.1 Å². The Bertz CT molecular complexity index is 173. The summed E-state index contributed by atoms with van der Waals surface area (Å²) in [4.78, 5) is 4.12. The first kappa shape index (κ1) is 8.90. The molecule has 1 aromatic rings. The van der Waals surface area contributed by atoms with E-state index in [9.17, 15) is 0 Å². The second kappa shape index (κ2) is 3.16. The van der Waals surface area contributed by atoms with Crippen molar-refractivity contribution in [2.24, 2.45) is 7.05 Å². The predicted molar refractivity (Wildman–Crippen MR) is 31.5 cm³/mol. The zero-order valence-corrected chi connectivity index (χ0v) is 8.74. The average molecular weight is 293 g/mol. The second-order valence-electron chi connectivity index (χ2n) is 1.92. The van der Waals surface area contributed by atoms with Crippen LogP contribution >= 0.6 is 0 Å². The van der Waals surface area contributed by atoms with E-state index in [0.29, 0.717) is 0 Å². The summed E-state index contributed by atoms with van der Waals surface area (Å²) < 4.78 is 1.88. The van der Waals surface area contributed by atoms with Gasteiger partial charge in [-0.2, -0.15) is 0 Å². The third kappa shape index (κ3) is 1.94. The number of rotatable bonds is 0. The minimum absolute atomic E-state index is 0. The van der Waals surface area contributed by atoms with Crippen LogP contribution in [0.5, 0.6) is 0 Å². The molecule has 50 valence electrons. The third-order valence-electron chi connectivity index (χ3n) is 1.14. The molecule has 1 aromatic heterocycles. The fourth-order valence-electron chi connectivity index (χ4n) is 0.666. The summed E-state index contributed by atoms with van der Waals surface area (Å²) in [6, 6.07) is 0. The van der Waals surface area contributed by atoms with E-state index in [1.54, 1.807) is 0 Å². The quantitative estimate of drug-likeness (QED) is 0.648. The molecule has 0 amide bonds. The van der Waals surface area contributed by atoms with E-state index >= 15 is 0 Å². The fourth-order valence-corrected chi connectivity index (χ4v) is 0.666. The molecule has 0 bridgehead atoms. The molecule has 0 saturated carbocycles. The van der Waals surface area contributed by atoms with Crippen molar-refractivity contribution in [2.45, 2.75) is 13.8 Å². The second-order valence-corrected chi connectivity index (χ2v) is 1.92. The molecule has 3 heteroatoms. The van der Waals surface area contributed by atoms with Gasteiger partial charge < -0.3 is 9.55 Å². The van der Waals surface area contributed by atoms with Gasteiger partial charge in [-0.1, -0.05) is 12.6 Å². The van der Waals surface area contributed by atoms with E-state index in [0.717, 1.165) is 11.5 Å². The number of aryl methyl sites for hydroxylation is 3. The summed E-state index contributed by atoms with van der Waals surface area (Å²) in [5, 5.41) is 0. The largest absolute Gasteiger partial charge is 0.501 e. The van der Waals surface area contributed by atoms with Gasteiger partial charge in [0.25, 0.3) is 0 Å². The van der Waals surface area contributed by atoms with E-state index in [1.807, 2.05) is 25.5 Å². The van der Waals surface area contributed by atoms with Crippen molar-refractivity contribution >= 4 is 0 Å². The van der Waals surface area contributed by atoms with Gasteiger partial charge in [0.1, 0.15) is 0 Å². The summed E-state index contributed by atoms with van der Waals surface area (Å²) in [7, 11) is 1.94. The van der Waals surface area contributed by atoms with Gasteiger partial charge in [0.15, 0.2) is 0 Å². The molecule has 0 unspecified atom stereocenters. The van der Waals surface area contributed by atoms with Crippen molar-refractivity contribution in [3.63, 3.8) is 0 Å². The number of nitrogens with zero attached hydrogens (tertiary/aromatic N) is 2. The van der Waals surface area contributed by atoms with Crippen molar-refractivity contribution in [1.29, 1.82) is 0 Å². The first-order chi connectivity index (χ1) is 3.70. The minimum atomic E-state index is 0. The van der Waals surface area contributed by atoms with Crippen LogP contribution < -0.4 is 0 Å². The van der Waals surface area contributed by atoms with Crippen molar-refractivity contribution < 1.29 is 21.1 Å². The van der Waals surface area contributed by atoms with Crippen LogP contribution in [-0.4, -0.2) is 9.55 Å². The Morgan fingerprint density at radius 2 is 2.00 bits per heavy atom. The monoisotopic (exact) mass is 293 g/mol. The van der Waals surface area contributed by atoms with Crippen LogP contribution in [0.4, 0.5) is 0 Å². The van der Waals surface area contributed by atoms with Crippen LogP contribution in [0.15, 0.2) is 0 Å². The predicted octanol–water partition coefficient (Wildman–Crippen LogP) is 0.835. The molecule has 1 heterocycles. The summed E-state index contributed by atoms with van der Waals surface area (Å²) in [5.41, 5.74) is 0.963. The van der Waals surface area contributed by atoms with Crippen LogP contribution in [0.1, 0.15) is 11.5 Å². The van der Waals surface area contributed by atoms with Gasteiger partial charge >= 0.3 is 0 Å². The maximum atomic E-state index is 4.12. The fraction of sp³-hybridized carbons (Fsp3) is 0.500. The average Bonchev–Trinajstić information content (AvgIpc) is 1.85. The van der Waals surface area contributed by atoms with Gasteiger partial charge in [-0.15, -0.1) is 6.20 Å².